The Kier molecular flexibility index (Phi) is 7.34. The van der Waals surface area contributed by atoms with Crippen LogP contribution in [-0.4, -0.2) is 49.1 Å². The van der Waals surface area contributed by atoms with E-state index in [2.05, 4.69) is 46.5 Å². The fourth-order valence-electron chi connectivity index (χ4n) is 6.80. The summed E-state index contributed by atoms with van der Waals surface area (Å²) in [6.45, 7) is 8.12. The molecule has 3 aliphatic rings. The van der Waals surface area contributed by atoms with Gasteiger partial charge in [-0.25, -0.2) is 9.97 Å². The Morgan fingerprint density at radius 3 is 2.86 bits per heavy atom. The number of thiophene rings is 1. The second-order valence-electron chi connectivity index (χ2n) is 12.4. The Hall–Kier alpha value is -3.41. The van der Waals surface area contributed by atoms with Gasteiger partial charge in [-0.3, -0.25) is 9.97 Å². The number of hydrogen-bond acceptors (Lipinski definition) is 11. The molecule has 0 bridgehead atoms. The van der Waals surface area contributed by atoms with Gasteiger partial charge in [0.05, 0.1) is 33.2 Å². The van der Waals surface area contributed by atoms with Crippen LogP contribution in [0.5, 0.6) is 0 Å². The van der Waals surface area contributed by atoms with Crippen LogP contribution in [-0.2, 0) is 17.6 Å². The predicted octanol–water partition coefficient (Wildman–Crippen LogP) is 7.42. The minimum absolute atomic E-state index is 0.179. The van der Waals surface area contributed by atoms with Gasteiger partial charge < -0.3 is 14.5 Å². The molecule has 44 heavy (non-hydrogen) atoms. The number of nitrogens with one attached hydrogen (secondary N) is 1. The van der Waals surface area contributed by atoms with Gasteiger partial charge in [0, 0.05) is 59.0 Å². The van der Waals surface area contributed by atoms with E-state index in [1.54, 1.807) is 17.7 Å². The third-order valence-electron chi connectivity index (χ3n) is 9.21. The van der Waals surface area contributed by atoms with Crippen molar-refractivity contribution in [2.24, 2.45) is 11.8 Å². The van der Waals surface area contributed by atoms with Crippen LogP contribution in [0.2, 0.25) is 0 Å². The van der Waals surface area contributed by atoms with E-state index in [1.165, 1.54) is 21.8 Å². The zero-order valence-electron chi connectivity index (χ0n) is 25.2. The summed E-state index contributed by atoms with van der Waals surface area (Å²) in [6, 6.07) is 6.57. The van der Waals surface area contributed by atoms with E-state index in [1.807, 2.05) is 30.9 Å². The zero-order chi connectivity index (χ0) is 29.8. The molecule has 1 N–H and O–H groups in total. The lowest BCUT2D eigenvalue weighted by molar-refractivity contribution is 0.184. The quantitative estimate of drug-likeness (QED) is 0.187. The molecule has 8 rings (SSSR count). The number of fused-ring (bicyclic) bond motifs is 3. The van der Waals surface area contributed by atoms with Gasteiger partial charge in [0.2, 0.25) is 11.8 Å². The summed E-state index contributed by atoms with van der Waals surface area (Å²) < 4.78 is 12.9. The molecule has 1 fully saturated rings. The first-order valence-electron chi connectivity index (χ1n) is 15.6. The Morgan fingerprint density at radius 2 is 2.05 bits per heavy atom. The first-order valence-corrected chi connectivity index (χ1v) is 17.4. The van der Waals surface area contributed by atoms with Crippen molar-refractivity contribution < 1.29 is 9.15 Å². The van der Waals surface area contributed by atoms with Gasteiger partial charge in [-0.2, -0.15) is 0 Å². The molecule has 226 valence electrons. The molecule has 1 saturated heterocycles. The molecule has 0 aromatic carbocycles. The molecule has 9 nitrogen and oxygen atoms in total. The van der Waals surface area contributed by atoms with Crippen molar-refractivity contribution in [2.45, 2.75) is 69.7 Å². The second-order valence-corrected chi connectivity index (χ2v) is 14.5. The molecule has 0 saturated carbocycles. The summed E-state index contributed by atoms with van der Waals surface area (Å²) in [5.41, 5.74) is 7.71. The van der Waals surface area contributed by atoms with E-state index in [9.17, 15) is 0 Å². The van der Waals surface area contributed by atoms with Crippen LogP contribution in [0.15, 0.2) is 40.0 Å². The average molecular weight is 626 g/mol. The summed E-state index contributed by atoms with van der Waals surface area (Å²) in [7, 11) is 0. The molecule has 5 aromatic heterocycles. The Bertz CT molecular complexity index is 1850. The lowest BCUT2D eigenvalue weighted by Gasteiger charge is -2.19. The Morgan fingerprint density at radius 1 is 1.11 bits per heavy atom. The SMILES string of the molecule is Cc1nnc(-c2c(CCC3CCOC3)nc3c(c2-c2cc4ncnc(NC5CCc6ncccc65)c4s2)SCC3C(C)C)o1. The largest absolute Gasteiger partial charge is 0.421 e. The number of anilines is 1. The molecule has 3 atom stereocenters. The zero-order valence-corrected chi connectivity index (χ0v) is 26.8. The third kappa shape index (κ3) is 4.98. The molecule has 0 radical (unpaired) electrons. The molecule has 0 spiro atoms. The lowest BCUT2D eigenvalue weighted by atomic mass is 9.90. The number of thioether (sulfide) groups is 1. The Labute approximate surface area is 264 Å². The number of nitrogens with zero attached hydrogens (tertiary/aromatic N) is 6. The van der Waals surface area contributed by atoms with Crippen LogP contribution in [0.3, 0.4) is 0 Å². The second kappa shape index (κ2) is 11.5. The summed E-state index contributed by atoms with van der Waals surface area (Å²) in [5.74, 6) is 4.40. The number of hydrogen-bond donors (Lipinski definition) is 1. The van der Waals surface area contributed by atoms with Gasteiger partial charge >= 0.3 is 0 Å². The Balaban J connectivity index is 1.27. The van der Waals surface area contributed by atoms with Gasteiger partial charge in [0.25, 0.3) is 0 Å². The van der Waals surface area contributed by atoms with Crippen molar-refractivity contribution in [1.29, 1.82) is 0 Å². The fourth-order valence-corrected chi connectivity index (χ4v) is 9.58. The number of aromatic nitrogens is 6. The summed E-state index contributed by atoms with van der Waals surface area (Å²) >= 11 is 3.63. The fraction of sp³-hybridized carbons (Fsp3) is 0.455. The molecule has 3 unspecified atom stereocenters. The van der Waals surface area contributed by atoms with Gasteiger partial charge in [-0.15, -0.1) is 33.3 Å². The summed E-state index contributed by atoms with van der Waals surface area (Å²) in [4.78, 5) is 21.8. The maximum Gasteiger partial charge on any atom is 0.250 e. The van der Waals surface area contributed by atoms with Crippen LogP contribution < -0.4 is 5.32 Å². The van der Waals surface area contributed by atoms with Crippen LogP contribution in [0.1, 0.15) is 73.6 Å². The smallest absolute Gasteiger partial charge is 0.250 e. The summed E-state index contributed by atoms with van der Waals surface area (Å²) in [5, 5.41) is 12.5. The van der Waals surface area contributed by atoms with Crippen LogP contribution >= 0.6 is 23.1 Å². The first kappa shape index (κ1) is 28.1. The highest BCUT2D eigenvalue weighted by Gasteiger charge is 2.35. The first-order chi connectivity index (χ1) is 21.5. The van der Waals surface area contributed by atoms with Gasteiger partial charge in [-0.1, -0.05) is 19.9 Å². The van der Waals surface area contributed by atoms with Crippen molar-refractivity contribution >= 4 is 39.1 Å². The van der Waals surface area contributed by atoms with Crippen molar-refractivity contribution in [2.75, 3.05) is 24.3 Å². The topological polar surface area (TPSA) is 112 Å². The van der Waals surface area contributed by atoms with Crippen molar-refractivity contribution in [3.05, 3.63) is 59.3 Å². The highest BCUT2D eigenvalue weighted by atomic mass is 32.2. The predicted molar refractivity (Wildman–Crippen MR) is 173 cm³/mol. The normalized spacial score (nSPS) is 21.0. The lowest BCUT2D eigenvalue weighted by Crippen LogP contribution is -2.11. The standard InChI is InChI=1S/C33H35N7O2S2/c1-17(2)21-15-43-31-28(27(33-40-39-18(3)42-33)24(37-29(21)31)7-6-19-10-12-41-14-19)26-13-25-30(44-26)32(36-16-35-25)38-23-9-8-22-20(23)5-4-11-34-22/h4-5,11,13,16-17,19,21,23H,6-10,12,14-15H2,1-3H3,(H,35,36,38). The van der Waals surface area contributed by atoms with Crippen LogP contribution in [0.25, 0.3) is 32.1 Å². The van der Waals surface area contributed by atoms with Gasteiger partial charge in [-0.05, 0) is 61.6 Å². The molecule has 1 aliphatic carbocycles. The van der Waals surface area contributed by atoms with Gasteiger partial charge in [0.1, 0.15) is 12.1 Å². The number of pyridine rings is 2. The van der Waals surface area contributed by atoms with E-state index in [-0.39, 0.29) is 6.04 Å². The van der Waals surface area contributed by atoms with Crippen molar-refractivity contribution in [3.8, 4) is 21.9 Å². The summed E-state index contributed by atoms with van der Waals surface area (Å²) in [6.07, 6.45) is 8.47. The van der Waals surface area contributed by atoms with E-state index in [4.69, 9.17) is 24.1 Å². The highest BCUT2D eigenvalue weighted by molar-refractivity contribution is 7.99. The van der Waals surface area contributed by atoms with E-state index in [0.717, 1.165) is 88.8 Å². The average Bonchev–Trinajstić information content (AvgIpc) is 3.86. The molecular formula is C33H35N7O2S2. The van der Waals surface area contributed by atoms with E-state index < -0.39 is 0 Å². The minimum atomic E-state index is 0.179. The maximum atomic E-state index is 6.16. The van der Waals surface area contributed by atoms with E-state index in [0.29, 0.717) is 29.5 Å². The van der Waals surface area contributed by atoms with Crippen molar-refractivity contribution in [1.82, 2.24) is 30.1 Å². The molecular weight excluding hydrogens is 591 g/mol. The molecule has 11 heteroatoms. The van der Waals surface area contributed by atoms with Crippen molar-refractivity contribution in [3.63, 3.8) is 0 Å². The molecule has 0 amide bonds. The van der Waals surface area contributed by atoms with Crippen LogP contribution in [0, 0.1) is 18.8 Å². The highest BCUT2D eigenvalue weighted by Crippen LogP contribution is 2.53. The number of aryl methyl sites for hydroxylation is 3. The molecule has 2 aliphatic heterocycles. The van der Waals surface area contributed by atoms with Gasteiger partial charge in [0.15, 0.2) is 0 Å². The number of ether oxygens (including phenoxy) is 1. The molecule has 5 aromatic rings. The molecule has 7 heterocycles. The minimum Gasteiger partial charge on any atom is -0.421 e. The number of rotatable bonds is 8. The maximum absolute atomic E-state index is 6.16. The third-order valence-corrected chi connectivity index (χ3v) is 11.6. The van der Waals surface area contributed by atoms with E-state index >= 15 is 0 Å². The van der Waals surface area contributed by atoms with Crippen LogP contribution in [0.4, 0.5) is 5.82 Å². The monoisotopic (exact) mass is 625 g/mol.